The molecule has 1 saturated heterocycles. The van der Waals surface area contributed by atoms with Crippen LogP contribution in [0.15, 0.2) is 53.7 Å². The van der Waals surface area contributed by atoms with Gasteiger partial charge in [0.1, 0.15) is 0 Å². The van der Waals surface area contributed by atoms with Crippen molar-refractivity contribution in [3.05, 3.63) is 54.4 Å². The van der Waals surface area contributed by atoms with Gasteiger partial charge in [-0.25, -0.2) is 8.42 Å². The van der Waals surface area contributed by atoms with Crippen LogP contribution in [0.1, 0.15) is 18.4 Å². The summed E-state index contributed by atoms with van der Waals surface area (Å²) in [7, 11) is -3.25. The van der Waals surface area contributed by atoms with Crippen molar-refractivity contribution >= 4 is 15.5 Å². The lowest BCUT2D eigenvalue weighted by Crippen LogP contribution is -2.40. The van der Waals surface area contributed by atoms with Crippen LogP contribution in [0.3, 0.4) is 0 Å². The molecule has 0 N–H and O–H groups in total. The summed E-state index contributed by atoms with van der Waals surface area (Å²) >= 11 is 0. The van der Waals surface area contributed by atoms with Crippen molar-refractivity contribution in [2.45, 2.75) is 29.8 Å². The Morgan fingerprint density at radius 2 is 1.93 bits per heavy atom. The van der Waals surface area contributed by atoms with Crippen LogP contribution >= 0.6 is 0 Å². The standard InChI is InChI=1S/C20H24F3N3O2S/c1-25(13-16-4-2-10-24-12-16)14-17-5-3-11-26(15-17)18-6-8-19(9-7-18)29(27,28)20(21,22)23/h2,4,6-10,12,17H,3,5,11,13-15H2,1H3. The number of halogens is 3. The summed E-state index contributed by atoms with van der Waals surface area (Å²) in [4.78, 5) is 7.75. The van der Waals surface area contributed by atoms with E-state index in [9.17, 15) is 21.6 Å². The lowest BCUT2D eigenvalue weighted by atomic mass is 9.97. The van der Waals surface area contributed by atoms with Crippen molar-refractivity contribution in [2.24, 2.45) is 5.92 Å². The lowest BCUT2D eigenvalue weighted by molar-refractivity contribution is -0.0436. The van der Waals surface area contributed by atoms with Gasteiger partial charge in [0.05, 0.1) is 4.90 Å². The molecule has 0 amide bonds. The van der Waals surface area contributed by atoms with E-state index in [1.54, 1.807) is 6.20 Å². The molecule has 0 aliphatic carbocycles. The van der Waals surface area contributed by atoms with E-state index in [-0.39, 0.29) is 0 Å². The van der Waals surface area contributed by atoms with E-state index in [1.807, 2.05) is 18.3 Å². The van der Waals surface area contributed by atoms with Crippen LogP contribution in [0.25, 0.3) is 0 Å². The maximum atomic E-state index is 12.7. The molecule has 0 saturated carbocycles. The highest BCUT2D eigenvalue weighted by Crippen LogP contribution is 2.32. The van der Waals surface area contributed by atoms with Crippen LogP contribution in [0.5, 0.6) is 0 Å². The summed E-state index contributed by atoms with van der Waals surface area (Å²) in [5, 5.41) is 0. The predicted molar refractivity (Wildman–Crippen MR) is 105 cm³/mol. The Kier molecular flexibility index (Phi) is 6.48. The number of sulfone groups is 1. The van der Waals surface area contributed by atoms with Gasteiger partial charge in [0.15, 0.2) is 0 Å². The zero-order valence-corrected chi connectivity index (χ0v) is 17.0. The smallest absolute Gasteiger partial charge is 0.371 e. The van der Waals surface area contributed by atoms with E-state index in [0.717, 1.165) is 62.4 Å². The zero-order valence-electron chi connectivity index (χ0n) is 16.1. The summed E-state index contributed by atoms with van der Waals surface area (Å²) in [6.07, 6.45) is 5.65. The van der Waals surface area contributed by atoms with E-state index in [1.165, 1.54) is 12.1 Å². The summed E-state index contributed by atoms with van der Waals surface area (Å²) in [5.41, 5.74) is -3.40. The summed E-state index contributed by atoms with van der Waals surface area (Å²) in [6.45, 7) is 3.28. The van der Waals surface area contributed by atoms with Gasteiger partial charge in [-0.3, -0.25) is 4.98 Å². The van der Waals surface area contributed by atoms with Crippen LogP contribution in [-0.2, 0) is 16.4 Å². The number of hydrogen-bond donors (Lipinski definition) is 0. The number of benzene rings is 1. The minimum atomic E-state index is -5.31. The third-order valence-corrected chi connectivity index (χ3v) is 6.58. The summed E-state index contributed by atoms with van der Waals surface area (Å²) in [6, 6.07) is 8.94. The SMILES string of the molecule is CN(Cc1cccnc1)CC1CCCN(c2ccc(S(=O)(=O)C(F)(F)F)cc2)C1. The van der Waals surface area contributed by atoms with E-state index < -0.39 is 20.2 Å². The molecule has 2 heterocycles. The number of anilines is 1. The molecule has 0 radical (unpaired) electrons. The topological polar surface area (TPSA) is 53.5 Å². The molecule has 1 atom stereocenters. The van der Waals surface area contributed by atoms with Gasteiger partial charge in [-0.15, -0.1) is 0 Å². The fraction of sp³-hybridized carbons (Fsp3) is 0.450. The first-order valence-electron chi connectivity index (χ1n) is 9.40. The number of pyridine rings is 1. The highest BCUT2D eigenvalue weighted by Gasteiger charge is 2.46. The van der Waals surface area contributed by atoms with Gasteiger partial charge < -0.3 is 9.80 Å². The molecule has 1 unspecified atom stereocenters. The molecule has 1 fully saturated rings. The first-order valence-corrected chi connectivity index (χ1v) is 10.9. The number of aromatic nitrogens is 1. The van der Waals surface area contributed by atoms with Crippen molar-refractivity contribution in [3.63, 3.8) is 0 Å². The average molecular weight is 427 g/mol. The van der Waals surface area contributed by atoms with Crippen LogP contribution in [0.4, 0.5) is 18.9 Å². The van der Waals surface area contributed by atoms with Crippen LogP contribution in [0, 0.1) is 5.92 Å². The summed E-state index contributed by atoms with van der Waals surface area (Å²) < 4.78 is 61.1. The van der Waals surface area contributed by atoms with Crippen molar-refractivity contribution in [3.8, 4) is 0 Å². The third-order valence-electron chi connectivity index (χ3n) is 5.08. The molecule has 158 valence electrons. The molecule has 9 heteroatoms. The normalized spacial score (nSPS) is 18.2. The molecular weight excluding hydrogens is 403 g/mol. The molecule has 0 bridgehead atoms. The van der Waals surface area contributed by atoms with Gasteiger partial charge >= 0.3 is 5.51 Å². The van der Waals surface area contributed by atoms with Gasteiger partial charge in [0, 0.05) is 44.3 Å². The minimum Gasteiger partial charge on any atom is -0.371 e. The third kappa shape index (κ3) is 5.27. The van der Waals surface area contributed by atoms with E-state index in [4.69, 9.17) is 0 Å². The molecule has 1 aliphatic heterocycles. The van der Waals surface area contributed by atoms with Gasteiger partial charge in [0.2, 0.25) is 0 Å². The fourth-order valence-corrected chi connectivity index (χ4v) is 4.49. The Balaban J connectivity index is 1.62. The second kappa shape index (κ2) is 8.71. The average Bonchev–Trinajstić information content (AvgIpc) is 2.68. The second-order valence-electron chi connectivity index (χ2n) is 7.46. The molecule has 29 heavy (non-hydrogen) atoms. The monoisotopic (exact) mass is 427 g/mol. The quantitative estimate of drug-likeness (QED) is 0.703. The van der Waals surface area contributed by atoms with Crippen molar-refractivity contribution in [1.29, 1.82) is 0 Å². The molecule has 1 aliphatic rings. The van der Waals surface area contributed by atoms with Crippen LogP contribution in [0.2, 0.25) is 0 Å². The number of rotatable bonds is 6. The number of hydrogen-bond acceptors (Lipinski definition) is 5. The van der Waals surface area contributed by atoms with E-state index in [0.29, 0.717) is 5.92 Å². The number of alkyl halides is 3. The molecule has 5 nitrogen and oxygen atoms in total. The molecule has 2 aromatic rings. The largest absolute Gasteiger partial charge is 0.501 e. The maximum Gasteiger partial charge on any atom is 0.501 e. The molecule has 1 aromatic carbocycles. The van der Waals surface area contributed by atoms with Gasteiger partial charge in [-0.1, -0.05) is 6.07 Å². The Morgan fingerprint density at radius 3 is 2.55 bits per heavy atom. The first-order chi connectivity index (χ1) is 13.7. The Labute approximate surface area is 169 Å². The van der Waals surface area contributed by atoms with Crippen molar-refractivity contribution in [2.75, 3.05) is 31.6 Å². The highest BCUT2D eigenvalue weighted by molar-refractivity contribution is 7.92. The van der Waals surface area contributed by atoms with Gasteiger partial charge in [-0.05, 0) is 61.7 Å². The Morgan fingerprint density at radius 1 is 1.21 bits per heavy atom. The maximum absolute atomic E-state index is 12.7. The van der Waals surface area contributed by atoms with Crippen LogP contribution < -0.4 is 4.90 Å². The van der Waals surface area contributed by atoms with Gasteiger partial charge in [-0.2, -0.15) is 13.2 Å². The van der Waals surface area contributed by atoms with Crippen molar-refractivity contribution in [1.82, 2.24) is 9.88 Å². The lowest BCUT2D eigenvalue weighted by Gasteiger charge is -2.36. The number of nitrogens with zero attached hydrogens (tertiary/aromatic N) is 3. The van der Waals surface area contributed by atoms with Crippen LogP contribution in [-0.4, -0.2) is 50.5 Å². The Hall–Kier alpha value is -2.13. The first kappa shape index (κ1) is 21.6. The molecule has 3 rings (SSSR count). The minimum absolute atomic E-state index is 0.420. The summed E-state index contributed by atoms with van der Waals surface area (Å²) in [5.74, 6) is 0.420. The predicted octanol–water partition coefficient (Wildman–Crippen LogP) is 3.72. The highest BCUT2D eigenvalue weighted by atomic mass is 32.2. The zero-order chi connectivity index (χ0) is 21.1. The number of piperidine rings is 1. The van der Waals surface area contributed by atoms with Gasteiger partial charge in [0.25, 0.3) is 9.84 Å². The Bertz CT molecular complexity index is 903. The van der Waals surface area contributed by atoms with E-state index >= 15 is 0 Å². The van der Waals surface area contributed by atoms with E-state index in [2.05, 4.69) is 21.8 Å². The fourth-order valence-electron chi connectivity index (χ4n) is 3.73. The second-order valence-corrected chi connectivity index (χ2v) is 9.40. The molecule has 0 spiro atoms. The molecular formula is C20H24F3N3O2S. The van der Waals surface area contributed by atoms with Crippen molar-refractivity contribution < 1.29 is 21.6 Å². The molecule has 1 aromatic heterocycles.